The minimum absolute atomic E-state index is 0.0645. The van der Waals surface area contributed by atoms with Crippen LogP contribution in [0.15, 0.2) is 36.4 Å². The third-order valence-electron chi connectivity index (χ3n) is 5.50. The fourth-order valence-electron chi connectivity index (χ4n) is 3.84. The standard InChI is InChI=1S/C22H28N6O/c1-16-15-19(22(29)23-9-10-27-13-11-26(3)12-14-27)20-17(2)25-28(21(20)24-16)18-7-5-4-6-8-18/h4-8,15H,9-14H2,1-3H3,(H,23,29). The number of rotatable bonds is 5. The number of aryl methyl sites for hydroxylation is 2. The van der Waals surface area contributed by atoms with Gasteiger partial charge in [-0.05, 0) is 39.1 Å². The van der Waals surface area contributed by atoms with E-state index < -0.39 is 0 Å². The molecule has 1 aromatic carbocycles. The van der Waals surface area contributed by atoms with Gasteiger partial charge in [-0.2, -0.15) is 5.10 Å². The van der Waals surface area contributed by atoms with Crippen molar-refractivity contribution in [1.29, 1.82) is 0 Å². The molecule has 1 aliphatic heterocycles. The lowest BCUT2D eigenvalue weighted by molar-refractivity contribution is 0.0942. The first kappa shape index (κ1) is 19.5. The lowest BCUT2D eigenvalue weighted by Gasteiger charge is -2.32. The van der Waals surface area contributed by atoms with E-state index in [-0.39, 0.29) is 5.91 Å². The molecule has 4 rings (SSSR count). The number of amides is 1. The largest absolute Gasteiger partial charge is 0.351 e. The van der Waals surface area contributed by atoms with E-state index in [0.717, 1.165) is 60.8 Å². The highest BCUT2D eigenvalue weighted by atomic mass is 16.1. The van der Waals surface area contributed by atoms with E-state index in [1.165, 1.54) is 0 Å². The zero-order valence-electron chi connectivity index (χ0n) is 17.4. The zero-order valence-corrected chi connectivity index (χ0v) is 17.4. The van der Waals surface area contributed by atoms with Crippen molar-refractivity contribution >= 4 is 16.9 Å². The number of nitrogens with zero attached hydrogens (tertiary/aromatic N) is 5. The number of hydrogen-bond donors (Lipinski definition) is 1. The van der Waals surface area contributed by atoms with Crippen molar-refractivity contribution in [2.75, 3.05) is 46.3 Å². The summed E-state index contributed by atoms with van der Waals surface area (Å²) in [5.74, 6) is -0.0645. The first-order chi connectivity index (χ1) is 14.0. The van der Waals surface area contributed by atoms with Gasteiger partial charge in [-0.1, -0.05) is 18.2 Å². The van der Waals surface area contributed by atoms with Crippen LogP contribution >= 0.6 is 0 Å². The summed E-state index contributed by atoms with van der Waals surface area (Å²) < 4.78 is 1.82. The van der Waals surface area contributed by atoms with Crippen molar-refractivity contribution in [2.45, 2.75) is 13.8 Å². The molecule has 0 saturated carbocycles. The van der Waals surface area contributed by atoms with E-state index in [2.05, 4.69) is 32.2 Å². The maximum absolute atomic E-state index is 13.0. The van der Waals surface area contributed by atoms with Crippen molar-refractivity contribution in [2.24, 2.45) is 0 Å². The average molecular weight is 393 g/mol. The molecule has 1 fully saturated rings. The van der Waals surface area contributed by atoms with Gasteiger partial charge in [-0.15, -0.1) is 0 Å². The molecule has 7 heteroatoms. The van der Waals surface area contributed by atoms with Gasteiger partial charge < -0.3 is 10.2 Å². The van der Waals surface area contributed by atoms with Gasteiger partial charge in [0, 0.05) is 45.0 Å². The molecule has 0 aliphatic carbocycles. The van der Waals surface area contributed by atoms with Crippen molar-refractivity contribution in [1.82, 2.24) is 29.9 Å². The number of piperazine rings is 1. The van der Waals surface area contributed by atoms with E-state index in [1.54, 1.807) is 0 Å². The Balaban J connectivity index is 1.55. The lowest BCUT2D eigenvalue weighted by Crippen LogP contribution is -2.46. The van der Waals surface area contributed by atoms with Crippen molar-refractivity contribution in [3.8, 4) is 5.69 Å². The number of benzene rings is 1. The molecular weight excluding hydrogens is 364 g/mol. The Bertz CT molecular complexity index is 1010. The molecule has 0 spiro atoms. The fraction of sp³-hybridized carbons (Fsp3) is 0.409. The summed E-state index contributed by atoms with van der Waals surface area (Å²) in [6, 6.07) is 11.8. The molecule has 0 radical (unpaired) electrons. The first-order valence-electron chi connectivity index (χ1n) is 10.1. The normalized spacial score (nSPS) is 15.7. The first-order valence-corrected chi connectivity index (χ1v) is 10.1. The van der Waals surface area contributed by atoms with Crippen LogP contribution in [0, 0.1) is 13.8 Å². The molecule has 3 heterocycles. The van der Waals surface area contributed by atoms with Crippen molar-refractivity contribution < 1.29 is 4.79 Å². The molecule has 1 aliphatic rings. The Morgan fingerprint density at radius 1 is 1.10 bits per heavy atom. The molecule has 152 valence electrons. The smallest absolute Gasteiger partial charge is 0.252 e. The second kappa shape index (κ2) is 8.31. The van der Waals surface area contributed by atoms with Gasteiger partial charge >= 0.3 is 0 Å². The lowest BCUT2D eigenvalue weighted by atomic mass is 10.1. The molecular formula is C22H28N6O. The Morgan fingerprint density at radius 3 is 2.55 bits per heavy atom. The Morgan fingerprint density at radius 2 is 1.83 bits per heavy atom. The van der Waals surface area contributed by atoms with Crippen LogP contribution in [0.25, 0.3) is 16.7 Å². The molecule has 29 heavy (non-hydrogen) atoms. The van der Waals surface area contributed by atoms with Crippen LogP contribution in [0.5, 0.6) is 0 Å². The highest BCUT2D eigenvalue weighted by Crippen LogP contribution is 2.24. The summed E-state index contributed by atoms with van der Waals surface area (Å²) in [4.78, 5) is 22.4. The molecule has 0 atom stereocenters. The molecule has 7 nitrogen and oxygen atoms in total. The number of hydrogen-bond acceptors (Lipinski definition) is 5. The maximum Gasteiger partial charge on any atom is 0.252 e. The summed E-state index contributed by atoms with van der Waals surface area (Å²) in [6.07, 6.45) is 0. The second-order valence-corrected chi connectivity index (χ2v) is 7.74. The van der Waals surface area contributed by atoms with Gasteiger partial charge in [0.25, 0.3) is 5.91 Å². The highest BCUT2D eigenvalue weighted by molar-refractivity contribution is 6.06. The van der Waals surface area contributed by atoms with E-state index in [1.807, 2.05) is 54.9 Å². The van der Waals surface area contributed by atoms with Crippen LogP contribution in [0.4, 0.5) is 0 Å². The Labute approximate surface area is 171 Å². The van der Waals surface area contributed by atoms with Crippen molar-refractivity contribution in [3.63, 3.8) is 0 Å². The van der Waals surface area contributed by atoms with Crippen LogP contribution < -0.4 is 5.32 Å². The average Bonchev–Trinajstić information content (AvgIpc) is 3.05. The predicted molar refractivity (Wildman–Crippen MR) is 115 cm³/mol. The molecule has 1 N–H and O–H groups in total. The Hall–Kier alpha value is -2.77. The summed E-state index contributed by atoms with van der Waals surface area (Å²) in [6.45, 7) is 9.61. The fourth-order valence-corrected chi connectivity index (χ4v) is 3.84. The van der Waals surface area contributed by atoms with Crippen LogP contribution in [-0.2, 0) is 0 Å². The van der Waals surface area contributed by atoms with E-state index in [9.17, 15) is 4.79 Å². The van der Waals surface area contributed by atoms with E-state index >= 15 is 0 Å². The molecule has 2 aromatic heterocycles. The molecule has 0 bridgehead atoms. The number of para-hydroxylation sites is 1. The van der Waals surface area contributed by atoms with Crippen LogP contribution in [0.2, 0.25) is 0 Å². The third kappa shape index (κ3) is 4.16. The van der Waals surface area contributed by atoms with Crippen LogP contribution in [0.3, 0.4) is 0 Å². The van der Waals surface area contributed by atoms with Gasteiger partial charge in [-0.25, -0.2) is 9.67 Å². The zero-order chi connectivity index (χ0) is 20.4. The van der Waals surface area contributed by atoms with Crippen LogP contribution in [0.1, 0.15) is 21.7 Å². The van der Waals surface area contributed by atoms with Gasteiger partial charge in [0.15, 0.2) is 5.65 Å². The number of nitrogens with one attached hydrogen (secondary N) is 1. The predicted octanol–water partition coefficient (Wildman–Crippen LogP) is 2.01. The van der Waals surface area contributed by atoms with Gasteiger partial charge in [-0.3, -0.25) is 9.69 Å². The minimum Gasteiger partial charge on any atom is -0.351 e. The Kier molecular flexibility index (Phi) is 5.60. The number of carbonyl (C=O) groups is 1. The van der Waals surface area contributed by atoms with Gasteiger partial charge in [0.2, 0.25) is 0 Å². The molecule has 1 amide bonds. The molecule has 0 unspecified atom stereocenters. The van der Waals surface area contributed by atoms with Gasteiger partial charge in [0.1, 0.15) is 0 Å². The summed E-state index contributed by atoms with van der Waals surface area (Å²) >= 11 is 0. The van der Waals surface area contributed by atoms with E-state index in [4.69, 9.17) is 0 Å². The van der Waals surface area contributed by atoms with E-state index in [0.29, 0.717) is 12.1 Å². The number of fused-ring (bicyclic) bond motifs is 1. The van der Waals surface area contributed by atoms with Crippen molar-refractivity contribution in [3.05, 3.63) is 53.3 Å². The SMILES string of the molecule is Cc1cc(C(=O)NCCN2CCN(C)CC2)c2c(C)nn(-c3ccccc3)c2n1. The maximum atomic E-state index is 13.0. The minimum atomic E-state index is -0.0645. The molecule has 3 aromatic rings. The second-order valence-electron chi connectivity index (χ2n) is 7.74. The summed E-state index contributed by atoms with van der Waals surface area (Å²) in [5, 5.41) is 8.58. The van der Waals surface area contributed by atoms with Gasteiger partial charge in [0.05, 0.1) is 22.3 Å². The molecule has 1 saturated heterocycles. The number of likely N-dealkylation sites (N-methyl/N-ethyl adjacent to an activating group) is 1. The number of pyridine rings is 1. The summed E-state index contributed by atoms with van der Waals surface area (Å²) in [7, 11) is 2.15. The van der Waals surface area contributed by atoms with Crippen LogP contribution in [-0.4, -0.2) is 76.8 Å². The summed E-state index contributed by atoms with van der Waals surface area (Å²) in [5.41, 5.74) is 3.91. The highest BCUT2D eigenvalue weighted by Gasteiger charge is 2.20. The number of aromatic nitrogens is 3. The topological polar surface area (TPSA) is 66.3 Å². The third-order valence-corrected chi connectivity index (χ3v) is 5.50. The number of carbonyl (C=O) groups excluding carboxylic acids is 1. The monoisotopic (exact) mass is 392 g/mol. The quantitative estimate of drug-likeness (QED) is 0.720.